The molecule has 0 saturated heterocycles. The van der Waals surface area contributed by atoms with E-state index in [2.05, 4.69) is 39.4 Å². The Labute approximate surface area is 127 Å². The summed E-state index contributed by atoms with van der Waals surface area (Å²) in [6.45, 7) is 2.21. The van der Waals surface area contributed by atoms with Gasteiger partial charge in [0.1, 0.15) is 0 Å². The third kappa shape index (κ3) is 4.76. The van der Waals surface area contributed by atoms with Gasteiger partial charge in [-0.3, -0.25) is 0 Å². The number of rotatable bonds is 7. The van der Waals surface area contributed by atoms with Crippen molar-refractivity contribution in [2.45, 2.75) is 23.8 Å². The minimum absolute atomic E-state index is 0.106. The van der Waals surface area contributed by atoms with Crippen LogP contribution in [0.2, 0.25) is 0 Å². The van der Waals surface area contributed by atoms with Crippen LogP contribution < -0.4 is 5.32 Å². The maximum atomic E-state index is 8.61. The lowest BCUT2D eigenvalue weighted by atomic mass is 10.0. The molecule has 0 spiro atoms. The molecule has 106 valence electrons. The Morgan fingerprint density at radius 2 is 2.32 bits per heavy atom. The summed E-state index contributed by atoms with van der Waals surface area (Å²) in [6, 6.07) is 6.98. The highest BCUT2D eigenvalue weighted by atomic mass is 79.9. The molecule has 3 nitrogen and oxygen atoms in total. The maximum absolute atomic E-state index is 8.61. The van der Waals surface area contributed by atoms with E-state index >= 15 is 0 Å². The molecule has 0 amide bonds. The van der Waals surface area contributed by atoms with Gasteiger partial charge < -0.3 is 15.2 Å². The second kappa shape index (κ2) is 8.27. The molecule has 1 aromatic carbocycles. The quantitative estimate of drug-likeness (QED) is 0.745. The molecule has 0 saturated carbocycles. The average Bonchev–Trinajstić information content (AvgIpc) is 2.43. The van der Waals surface area contributed by atoms with Crippen molar-refractivity contribution in [3.8, 4) is 0 Å². The summed E-state index contributed by atoms with van der Waals surface area (Å²) >= 11 is 5.49. The Morgan fingerprint density at radius 1 is 1.42 bits per heavy atom. The first-order chi connectivity index (χ1) is 9.31. The number of thioether (sulfide) groups is 1. The maximum Gasteiger partial charge on any atom is 0.0697 e. The fourth-order valence-electron chi connectivity index (χ4n) is 2.19. The second-order valence-electron chi connectivity index (χ2n) is 4.52. The van der Waals surface area contributed by atoms with E-state index in [4.69, 9.17) is 9.84 Å². The van der Waals surface area contributed by atoms with E-state index in [1.165, 1.54) is 22.6 Å². The normalized spacial score (nSPS) is 18.3. The molecule has 1 unspecified atom stereocenters. The van der Waals surface area contributed by atoms with Crippen LogP contribution in [-0.2, 0) is 4.74 Å². The van der Waals surface area contributed by atoms with Gasteiger partial charge in [0.25, 0.3) is 0 Å². The summed E-state index contributed by atoms with van der Waals surface area (Å²) < 4.78 is 6.40. The highest BCUT2D eigenvalue weighted by molar-refractivity contribution is 9.10. The van der Waals surface area contributed by atoms with Gasteiger partial charge in [0.05, 0.1) is 13.2 Å². The Kier molecular flexibility index (Phi) is 6.67. The molecule has 0 fully saturated rings. The van der Waals surface area contributed by atoms with Gasteiger partial charge in [-0.2, -0.15) is 0 Å². The van der Waals surface area contributed by atoms with E-state index in [1.807, 2.05) is 11.8 Å². The van der Waals surface area contributed by atoms with Crippen molar-refractivity contribution in [1.82, 2.24) is 5.32 Å². The van der Waals surface area contributed by atoms with Crippen LogP contribution in [0.4, 0.5) is 0 Å². The van der Waals surface area contributed by atoms with Crippen LogP contribution in [0.25, 0.3) is 0 Å². The summed E-state index contributed by atoms with van der Waals surface area (Å²) in [7, 11) is 0. The van der Waals surface area contributed by atoms with Gasteiger partial charge >= 0.3 is 0 Å². The molecule has 0 aliphatic carbocycles. The highest BCUT2D eigenvalue weighted by Gasteiger charge is 2.20. The van der Waals surface area contributed by atoms with Gasteiger partial charge in [0.2, 0.25) is 0 Å². The van der Waals surface area contributed by atoms with E-state index in [1.54, 1.807) is 0 Å². The van der Waals surface area contributed by atoms with Crippen LogP contribution in [0.5, 0.6) is 0 Å². The lowest BCUT2D eigenvalue weighted by Crippen LogP contribution is -2.26. The summed E-state index contributed by atoms with van der Waals surface area (Å²) in [5.41, 5.74) is 1.40. The smallest absolute Gasteiger partial charge is 0.0697 e. The van der Waals surface area contributed by atoms with Gasteiger partial charge in [0.15, 0.2) is 0 Å². The van der Waals surface area contributed by atoms with Crippen molar-refractivity contribution >= 4 is 27.7 Å². The zero-order valence-electron chi connectivity index (χ0n) is 10.9. The molecule has 0 bridgehead atoms. The van der Waals surface area contributed by atoms with Crippen molar-refractivity contribution < 1.29 is 9.84 Å². The summed E-state index contributed by atoms with van der Waals surface area (Å²) in [4.78, 5) is 1.39. The largest absolute Gasteiger partial charge is 0.394 e. The minimum Gasteiger partial charge on any atom is -0.394 e. The molecule has 0 aromatic heterocycles. The number of benzene rings is 1. The van der Waals surface area contributed by atoms with Crippen molar-refractivity contribution in [2.24, 2.45) is 0 Å². The molecule has 1 atom stereocenters. The number of hydrogen-bond donors (Lipinski definition) is 2. The van der Waals surface area contributed by atoms with E-state index < -0.39 is 0 Å². The minimum atomic E-state index is 0.106. The number of aliphatic hydroxyl groups excluding tert-OH is 1. The zero-order chi connectivity index (χ0) is 13.5. The first-order valence-corrected chi connectivity index (χ1v) is 8.43. The van der Waals surface area contributed by atoms with Gasteiger partial charge in [-0.15, -0.1) is 11.8 Å². The van der Waals surface area contributed by atoms with Gasteiger partial charge in [-0.05, 0) is 48.9 Å². The number of hydrogen-bond acceptors (Lipinski definition) is 4. The van der Waals surface area contributed by atoms with Crippen LogP contribution in [-0.4, -0.2) is 37.2 Å². The fourth-order valence-corrected chi connectivity index (χ4v) is 3.68. The monoisotopic (exact) mass is 345 g/mol. The second-order valence-corrected chi connectivity index (χ2v) is 6.57. The number of ether oxygens (including phenoxy) is 1. The third-order valence-corrected chi connectivity index (χ3v) is 4.72. The molecule has 19 heavy (non-hydrogen) atoms. The number of halogens is 1. The van der Waals surface area contributed by atoms with E-state index in [0.29, 0.717) is 19.3 Å². The molecular formula is C14H20BrNO2S. The summed E-state index contributed by atoms with van der Waals surface area (Å²) in [6.07, 6.45) is 2.15. The Hall–Kier alpha value is -0.0700. The molecule has 1 aliphatic rings. The third-order valence-electron chi connectivity index (χ3n) is 3.10. The van der Waals surface area contributed by atoms with Crippen molar-refractivity contribution in [1.29, 1.82) is 0 Å². The lowest BCUT2D eigenvalue weighted by molar-refractivity contribution is 0.0903. The van der Waals surface area contributed by atoms with Gasteiger partial charge in [0, 0.05) is 22.0 Å². The summed E-state index contributed by atoms with van der Waals surface area (Å²) in [5.74, 6) is 1.17. The van der Waals surface area contributed by atoms with E-state index in [-0.39, 0.29) is 6.61 Å². The highest BCUT2D eigenvalue weighted by Crippen LogP contribution is 2.37. The van der Waals surface area contributed by atoms with Crippen LogP contribution in [0.3, 0.4) is 0 Å². The predicted octanol–water partition coefficient (Wildman–Crippen LogP) is 2.97. The fraction of sp³-hybridized carbons (Fsp3) is 0.571. The number of aliphatic hydroxyl groups is 1. The number of nitrogens with one attached hydrogen (secondary N) is 1. The van der Waals surface area contributed by atoms with E-state index in [0.717, 1.165) is 17.4 Å². The van der Waals surface area contributed by atoms with Gasteiger partial charge in [-0.25, -0.2) is 0 Å². The Bertz CT molecular complexity index is 403. The molecule has 1 heterocycles. The molecule has 1 aromatic rings. The van der Waals surface area contributed by atoms with Crippen LogP contribution in [0.15, 0.2) is 27.6 Å². The molecular weight excluding hydrogens is 326 g/mol. The van der Waals surface area contributed by atoms with Crippen LogP contribution in [0.1, 0.15) is 24.4 Å². The predicted molar refractivity (Wildman–Crippen MR) is 82.7 cm³/mol. The molecule has 2 N–H and O–H groups in total. The van der Waals surface area contributed by atoms with Crippen molar-refractivity contribution in [3.05, 3.63) is 28.2 Å². The summed E-state index contributed by atoms with van der Waals surface area (Å²) in [5, 5.41) is 12.2. The first-order valence-electron chi connectivity index (χ1n) is 6.65. The van der Waals surface area contributed by atoms with Crippen LogP contribution >= 0.6 is 27.7 Å². The first kappa shape index (κ1) is 15.3. The van der Waals surface area contributed by atoms with E-state index in [9.17, 15) is 0 Å². The van der Waals surface area contributed by atoms with Crippen molar-refractivity contribution in [2.75, 3.05) is 32.1 Å². The zero-order valence-corrected chi connectivity index (χ0v) is 13.3. The standard InChI is InChI=1S/C14H20BrNO2S/c15-11-2-3-14-12(10-11)13(4-9-19-14)16-5-1-7-18-8-6-17/h2-3,10,13,16-17H,1,4-9H2. The molecule has 1 aliphatic heterocycles. The number of fused-ring (bicyclic) bond motifs is 1. The average molecular weight is 346 g/mol. The Morgan fingerprint density at radius 3 is 3.16 bits per heavy atom. The molecule has 5 heteroatoms. The van der Waals surface area contributed by atoms with Gasteiger partial charge in [-0.1, -0.05) is 15.9 Å². The topological polar surface area (TPSA) is 41.5 Å². The van der Waals surface area contributed by atoms with Crippen LogP contribution in [0, 0.1) is 0 Å². The SMILES string of the molecule is OCCOCCCNC1CCSc2ccc(Br)cc21. The van der Waals surface area contributed by atoms with Crippen molar-refractivity contribution in [3.63, 3.8) is 0 Å². The molecule has 2 rings (SSSR count). The Balaban J connectivity index is 1.80. The lowest BCUT2D eigenvalue weighted by Gasteiger charge is -2.26. The molecule has 0 radical (unpaired) electrons.